The number of nitrogens with zero attached hydrogens (tertiary/aromatic N) is 1. The largest absolute Gasteiger partial charge is 0.385 e. The zero-order valence-electron chi connectivity index (χ0n) is 10.8. The van der Waals surface area contributed by atoms with Crippen LogP contribution in [0.15, 0.2) is 4.99 Å². The van der Waals surface area contributed by atoms with Gasteiger partial charge in [-0.2, -0.15) is 11.8 Å². The van der Waals surface area contributed by atoms with E-state index in [-0.39, 0.29) is 0 Å². The Balaban J connectivity index is 2.28. The summed E-state index contributed by atoms with van der Waals surface area (Å²) in [7, 11) is 1.70. The van der Waals surface area contributed by atoms with Gasteiger partial charge in [-0.15, -0.1) is 0 Å². The van der Waals surface area contributed by atoms with E-state index in [0.717, 1.165) is 26.1 Å². The van der Waals surface area contributed by atoms with Crippen LogP contribution < -0.4 is 16.6 Å². The second kappa shape index (κ2) is 7.79. The summed E-state index contributed by atoms with van der Waals surface area (Å²) in [5.74, 6) is 6.12. The van der Waals surface area contributed by atoms with Crippen LogP contribution in [0.2, 0.25) is 0 Å². The van der Waals surface area contributed by atoms with Crippen LogP contribution in [0.3, 0.4) is 0 Å². The summed E-state index contributed by atoms with van der Waals surface area (Å²) in [6.45, 7) is 2.41. The summed E-state index contributed by atoms with van der Waals surface area (Å²) in [5.41, 5.74) is 2.61. The molecule has 0 atom stereocenters. The average molecular weight is 260 g/mol. The van der Waals surface area contributed by atoms with E-state index in [0.29, 0.717) is 10.7 Å². The van der Waals surface area contributed by atoms with Crippen LogP contribution in [0.1, 0.15) is 25.7 Å². The highest BCUT2D eigenvalue weighted by Crippen LogP contribution is 2.42. The second-order valence-corrected chi connectivity index (χ2v) is 5.60. The quantitative estimate of drug-likeness (QED) is 0.207. The lowest BCUT2D eigenvalue weighted by Gasteiger charge is -2.39. The number of methoxy groups -OCH3 is 1. The van der Waals surface area contributed by atoms with Crippen LogP contribution in [0.4, 0.5) is 0 Å². The van der Waals surface area contributed by atoms with Crippen molar-refractivity contribution in [2.24, 2.45) is 10.8 Å². The van der Waals surface area contributed by atoms with Crippen LogP contribution in [0.25, 0.3) is 0 Å². The van der Waals surface area contributed by atoms with Crippen molar-refractivity contribution in [1.29, 1.82) is 0 Å². The maximum atomic E-state index is 5.44. The first-order valence-electron chi connectivity index (χ1n) is 6.05. The van der Waals surface area contributed by atoms with E-state index in [1.54, 1.807) is 7.11 Å². The van der Waals surface area contributed by atoms with Gasteiger partial charge in [0, 0.05) is 25.0 Å². The molecule has 0 bridgehead atoms. The molecule has 17 heavy (non-hydrogen) atoms. The molecule has 0 aliphatic heterocycles. The number of hydrogen-bond donors (Lipinski definition) is 3. The third-order valence-corrected chi connectivity index (χ3v) is 4.58. The molecule has 6 heteroatoms. The maximum absolute atomic E-state index is 5.44. The number of hydrogen-bond acceptors (Lipinski definition) is 4. The molecule has 0 saturated heterocycles. The third kappa shape index (κ3) is 4.73. The van der Waals surface area contributed by atoms with Crippen molar-refractivity contribution >= 4 is 17.7 Å². The molecule has 1 rings (SSSR count). The Hall–Kier alpha value is -0.460. The van der Waals surface area contributed by atoms with Crippen molar-refractivity contribution in [1.82, 2.24) is 10.7 Å². The molecular weight excluding hydrogens is 236 g/mol. The van der Waals surface area contributed by atoms with Gasteiger partial charge in [0.25, 0.3) is 0 Å². The fourth-order valence-electron chi connectivity index (χ4n) is 1.80. The van der Waals surface area contributed by atoms with Crippen molar-refractivity contribution in [2.45, 2.75) is 30.4 Å². The van der Waals surface area contributed by atoms with Crippen molar-refractivity contribution in [3.8, 4) is 0 Å². The van der Waals surface area contributed by atoms with Gasteiger partial charge in [0.1, 0.15) is 0 Å². The predicted octanol–water partition coefficient (Wildman–Crippen LogP) is 0.718. The number of guanidine groups is 1. The molecule has 1 aliphatic rings. The Bertz CT molecular complexity index is 238. The Kier molecular flexibility index (Phi) is 6.69. The van der Waals surface area contributed by atoms with Gasteiger partial charge in [-0.05, 0) is 25.5 Å². The van der Waals surface area contributed by atoms with E-state index in [1.165, 1.54) is 19.3 Å². The summed E-state index contributed by atoms with van der Waals surface area (Å²) >= 11 is 1.92. The summed E-state index contributed by atoms with van der Waals surface area (Å²) in [5, 5.41) is 3.17. The van der Waals surface area contributed by atoms with Gasteiger partial charge >= 0.3 is 0 Å². The Morgan fingerprint density at radius 1 is 1.53 bits per heavy atom. The summed E-state index contributed by atoms with van der Waals surface area (Å²) in [6.07, 6.45) is 6.96. The number of hydrazine groups is 1. The van der Waals surface area contributed by atoms with Crippen LogP contribution in [-0.4, -0.2) is 43.8 Å². The molecule has 0 aromatic heterocycles. The molecule has 0 aromatic rings. The summed E-state index contributed by atoms with van der Waals surface area (Å²) < 4.78 is 5.34. The highest BCUT2D eigenvalue weighted by molar-refractivity contribution is 8.00. The van der Waals surface area contributed by atoms with Crippen molar-refractivity contribution in [3.63, 3.8) is 0 Å². The fourth-order valence-corrected chi connectivity index (χ4v) is 2.69. The van der Waals surface area contributed by atoms with E-state index in [9.17, 15) is 0 Å². The zero-order valence-corrected chi connectivity index (χ0v) is 11.6. The Morgan fingerprint density at radius 3 is 2.76 bits per heavy atom. The minimum absolute atomic E-state index is 0.357. The number of nitrogens with one attached hydrogen (secondary N) is 2. The number of ether oxygens (including phenoxy) is 1. The van der Waals surface area contributed by atoms with Crippen LogP contribution in [0.5, 0.6) is 0 Å². The monoisotopic (exact) mass is 260 g/mol. The maximum Gasteiger partial charge on any atom is 0.205 e. The standard InChI is InChI=1S/C11H24N4OS/c1-16-8-4-7-13-10(15-12)14-9-11(17-2)5-3-6-11/h3-9,12H2,1-2H3,(H2,13,14,15). The molecule has 1 fully saturated rings. The average Bonchev–Trinajstić information content (AvgIpc) is 2.31. The molecule has 1 saturated carbocycles. The minimum Gasteiger partial charge on any atom is -0.385 e. The van der Waals surface area contributed by atoms with E-state index >= 15 is 0 Å². The zero-order chi connectivity index (χ0) is 12.6. The van der Waals surface area contributed by atoms with Gasteiger partial charge < -0.3 is 10.1 Å². The van der Waals surface area contributed by atoms with E-state index in [4.69, 9.17) is 10.6 Å². The summed E-state index contributed by atoms with van der Waals surface area (Å²) in [4.78, 5) is 4.51. The first-order valence-corrected chi connectivity index (χ1v) is 7.28. The van der Waals surface area contributed by atoms with Crippen molar-refractivity contribution < 1.29 is 4.74 Å². The molecule has 0 aromatic carbocycles. The molecule has 1 aliphatic carbocycles. The highest BCUT2D eigenvalue weighted by atomic mass is 32.2. The van der Waals surface area contributed by atoms with Crippen LogP contribution in [0, 0.1) is 0 Å². The lowest BCUT2D eigenvalue weighted by Crippen LogP contribution is -2.44. The normalized spacial score (nSPS) is 18.6. The minimum atomic E-state index is 0.357. The smallest absolute Gasteiger partial charge is 0.205 e. The molecule has 0 unspecified atom stereocenters. The molecule has 0 radical (unpaired) electrons. The third-order valence-electron chi connectivity index (χ3n) is 3.18. The first kappa shape index (κ1) is 14.6. The molecule has 0 heterocycles. The van der Waals surface area contributed by atoms with Gasteiger partial charge in [-0.25, -0.2) is 5.84 Å². The number of thioether (sulfide) groups is 1. The topological polar surface area (TPSA) is 71.7 Å². The Labute approximate surface area is 108 Å². The van der Waals surface area contributed by atoms with Crippen LogP contribution in [-0.2, 0) is 4.74 Å². The SMILES string of the molecule is COCCCNC(=NCC1(SC)CCC1)NN. The molecular formula is C11H24N4OS. The molecule has 100 valence electrons. The van der Waals surface area contributed by atoms with Crippen LogP contribution >= 0.6 is 11.8 Å². The number of rotatable bonds is 7. The van der Waals surface area contributed by atoms with Gasteiger partial charge in [0.05, 0.1) is 6.54 Å². The molecule has 0 spiro atoms. The molecule has 5 nitrogen and oxygen atoms in total. The van der Waals surface area contributed by atoms with Crippen molar-refractivity contribution in [3.05, 3.63) is 0 Å². The number of aliphatic imine (C=N–C) groups is 1. The van der Waals surface area contributed by atoms with Gasteiger partial charge in [-0.1, -0.05) is 6.42 Å². The lowest BCUT2D eigenvalue weighted by molar-refractivity contribution is 0.195. The Morgan fingerprint density at radius 2 is 2.29 bits per heavy atom. The predicted molar refractivity (Wildman–Crippen MR) is 74.2 cm³/mol. The van der Waals surface area contributed by atoms with Crippen molar-refractivity contribution in [2.75, 3.05) is 33.1 Å². The van der Waals surface area contributed by atoms with Gasteiger partial charge in [0.15, 0.2) is 0 Å². The lowest BCUT2D eigenvalue weighted by atomic mass is 9.84. The van der Waals surface area contributed by atoms with E-state index in [2.05, 4.69) is 22.0 Å². The van der Waals surface area contributed by atoms with E-state index < -0.39 is 0 Å². The van der Waals surface area contributed by atoms with Gasteiger partial charge in [-0.3, -0.25) is 10.4 Å². The second-order valence-electron chi connectivity index (χ2n) is 4.32. The summed E-state index contributed by atoms with van der Waals surface area (Å²) in [6, 6.07) is 0. The highest BCUT2D eigenvalue weighted by Gasteiger charge is 2.35. The fraction of sp³-hybridized carbons (Fsp3) is 0.909. The molecule has 0 amide bonds. The van der Waals surface area contributed by atoms with Gasteiger partial charge in [0.2, 0.25) is 5.96 Å². The first-order chi connectivity index (χ1) is 8.26. The molecule has 4 N–H and O–H groups in total. The number of nitrogens with two attached hydrogens (primary N) is 1. The van der Waals surface area contributed by atoms with E-state index in [1.807, 2.05) is 11.8 Å².